The number of hydrogen-bond donors (Lipinski definition) is 1. The van der Waals surface area contributed by atoms with E-state index in [4.69, 9.17) is 0 Å². The molecule has 1 aliphatic rings. The summed E-state index contributed by atoms with van der Waals surface area (Å²) in [7, 11) is 2.12. The van der Waals surface area contributed by atoms with Crippen molar-refractivity contribution >= 4 is 0 Å². The van der Waals surface area contributed by atoms with Crippen molar-refractivity contribution in [3.05, 3.63) is 11.9 Å². The van der Waals surface area contributed by atoms with Gasteiger partial charge in [-0.2, -0.15) is 0 Å². The van der Waals surface area contributed by atoms with Crippen LogP contribution in [0, 0.1) is 5.92 Å². The molecular formula is C10H22N2. The zero-order valence-corrected chi connectivity index (χ0v) is 9.18. The first-order valence-corrected chi connectivity index (χ1v) is 4.82. The molecule has 0 spiro atoms. The summed E-state index contributed by atoms with van der Waals surface area (Å²) in [6.07, 6.45) is 2.58. The zero-order valence-electron chi connectivity index (χ0n) is 9.18. The molecule has 1 rings (SSSR count). The molecule has 2 nitrogen and oxygen atoms in total. The van der Waals surface area contributed by atoms with Crippen molar-refractivity contribution in [1.29, 1.82) is 0 Å². The van der Waals surface area contributed by atoms with E-state index in [1.807, 2.05) is 13.8 Å². The largest absolute Gasteiger partial charge is 0.370 e. The third-order valence-electron chi connectivity index (χ3n) is 2.05. The summed E-state index contributed by atoms with van der Waals surface area (Å²) in [5, 5.41) is 3.26. The predicted octanol–water partition coefficient (Wildman–Crippen LogP) is 2.39. The normalized spacial score (nSPS) is 21.4. The molecule has 0 saturated carbocycles. The van der Waals surface area contributed by atoms with Gasteiger partial charge in [0.1, 0.15) is 0 Å². The summed E-state index contributed by atoms with van der Waals surface area (Å²) >= 11 is 0. The van der Waals surface area contributed by atoms with Crippen molar-refractivity contribution in [2.75, 3.05) is 7.05 Å². The Bertz CT molecular complexity index is 150. The number of hydrogen-bond acceptors (Lipinski definition) is 2. The van der Waals surface area contributed by atoms with Gasteiger partial charge >= 0.3 is 0 Å². The van der Waals surface area contributed by atoms with Crippen molar-refractivity contribution in [3.8, 4) is 0 Å². The van der Waals surface area contributed by atoms with E-state index in [-0.39, 0.29) is 0 Å². The highest BCUT2D eigenvalue weighted by Gasteiger charge is 2.19. The lowest BCUT2D eigenvalue weighted by Crippen LogP contribution is -2.31. The van der Waals surface area contributed by atoms with Gasteiger partial charge in [0.15, 0.2) is 0 Å². The van der Waals surface area contributed by atoms with Gasteiger partial charge in [-0.25, -0.2) is 0 Å². The maximum Gasteiger partial charge on any atom is 0.0951 e. The number of allylic oxidation sites excluding steroid dienone is 1. The van der Waals surface area contributed by atoms with E-state index < -0.39 is 0 Å². The molecule has 0 fully saturated rings. The summed E-state index contributed by atoms with van der Waals surface area (Å²) in [5.41, 5.74) is 1.40. The SMILES string of the molecule is CC.CC(C)C1=CNC(C)N1C. The molecule has 0 aromatic heterocycles. The minimum Gasteiger partial charge on any atom is -0.370 e. The molecule has 1 unspecified atom stereocenters. The first-order valence-electron chi connectivity index (χ1n) is 4.82. The van der Waals surface area contributed by atoms with Crippen LogP contribution in [0.25, 0.3) is 0 Å². The second-order valence-corrected chi connectivity index (χ2v) is 3.18. The van der Waals surface area contributed by atoms with Gasteiger partial charge in [0.25, 0.3) is 0 Å². The summed E-state index contributed by atoms with van der Waals surface area (Å²) in [6, 6.07) is 0. The molecule has 0 amide bonds. The molecular weight excluding hydrogens is 148 g/mol. The van der Waals surface area contributed by atoms with Crippen LogP contribution in [0.4, 0.5) is 0 Å². The molecule has 12 heavy (non-hydrogen) atoms. The quantitative estimate of drug-likeness (QED) is 0.650. The Kier molecular flexibility index (Phi) is 4.79. The van der Waals surface area contributed by atoms with Crippen molar-refractivity contribution < 1.29 is 0 Å². The number of nitrogens with zero attached hydrogens (tertiary/aromatic N) is 1. The van der Waals surface area contributed by atoms with E-state index in [0.717, 1.165) is 0 Å². The lowest BCUT2D eigenvalue weighted by Gasteiger charge is -2.23. The van der Waals surface area contributed by atoms with Gasteiger partial charge in [0.05, 0.1) is 6.17 Å². The monoisotopic (exact) mass is 170 g/mol. The molecule has 1 aliphatic heterocycles. The van der Waals surface area contributed by atoms with Crippen LogP contribution in [0.5, 0.6) is 0 Å². The Hall–Kier alpha value is -0.660. The van der Waals surface area contributed by atoms with Crippen molar-refractivity contribution in [3.63, 3.8) is 0 Å². The van der Waals surface area contributed by atoms with E-state index in [1.165, 1.54) is 5.70 Å². The van der Waals surface area contributed by atoms with E-state index >= 15 is 0 Å². The van der Waals surface area contributed by atoms with Gasteiger partial charge < -0.3 is 10.2 Å². The maximum absolute atomic E-state index is 3.26. The average Bonchev–Trinajstić information content (AvgIpc) is 2.37. The molecule has 1 N–H and O–H groups in total. The van der Waals surface area contributed by atoms with Gasteiger partial charge in [0, 0.05) is 18.9 Å². The minimum atomic E-state index is 0.470. The Morgan fingerprint density at radius 3 is 2.08 bits per heavy atom. The van der Waals surface area contributed by atoms with Crippen LogP contribution in [0.2, 0.25) is 0 Å². The molecule has 0 saturated heterocycles. The lowest BCUT2D eigenvalue weighted by atomic mass is 10.1. The van der Waals surface area contributed by atoms with E-state index in [9.17, 15) is 0 Å². The third kappa shape index (κ3) is 2.43. The van der Waals surface area contributed by atoms with Crippen LogP contribution >= 0.6 is 0 Å². The average molecular weight is 170 g/mol. The summed E-state index contributed by atoms with van der Waals surface area (Å²) < 4.78 is 0. The Balaban J connectivity index is 0.000000561. The Labute approximate surface area is 76.6 Å². The molecule has 1 atom stereocenters. The first-order chi connectivity index (χ1) is 5.63. The summed E-state index contributed by atoms with van der Waals surface area (Å²) in [6.45, 7) is 10.6. The Morgan fingerprint density at radius 1 is 1.42 bits per heavy atom. The van der Waals surface area contributed by atoms with Gasteiger partial charge in [0.2, 0.25) is 0 Å². The van der Waals surface area contributed by atoms with Gasteiger partial charge in [-0.05, 0) is 12.8 Å². The van der Waals surface area contributed by atoms with Crippen molar-refractivity contribution in [1.82, 2.24) is 10.2 Å². The second-order valence-electron chi connectivity index (χ2n) is 3.18. The van der Waals surface area contributed by atoms with Crippen LogP contribution in [0.3, 0.4) is 0 Å². The molecule has 1 heterocycles. The zero-order chi connectivity index (χ0) is 9.72. The fourth-order valence-corrected chi connectivity index (χ4v) is 1.22. The topological polar surface area (TPSA) is 15.3 Å². The lowest BCUT2D eigenvalue weighted by molar-refractivity contribution is 0.309. The predicted molar refractivity (Wildman–Crippen MR) is 54.6 cm³/mol. The number of rotatable bonds is 1. The van der Waals surface area contributed by atoms with Crippen LogP contribution < -0.4 is 5.32 Å². The fourth-order valence-electron chi connectivity index (χ4n) is 1.22. The minimum absolute atomic E-state index is 0.470. The second kappa shape index (κ2) is 5.07. The summed E-state index contributed by atoms with van der Waals surface area (Å²) in [5.74, 6) is 0.627. The van der Waals surface area contributed by atoms with Crippen molar-refractivity contribution in [2.24, 2.45) is 5.92 Å². The highest BCUT2D eigenvalue weighted by molar-refractivity contribution is 5.08. The number of nitrogens with one attached hydrogen (secondary N) is 1. The third-order valence-corrected chi connectivity index (χ3v) is 2.05. The molecule has 0 aliphatic carbocycles. The summed E-state index contributed by atoms with van der Waals surface area (Å²) in [4.78, 5) is 2.27. The molecule has 0 aromatic rings. The van der Waals surface area contributed by atoms with E-state index in [1.54, 1.807) is 0 Å². The van der Waals surface area contributed by atoms with E-state index in [0.29, 0.717) is 12.1 Å². The highest BCUT2D eigenvalue weighted by Crippen LogP contribution is 2.18. The molecule has 0 aromatic carbocycles. The maximum atomic E-state index is 3.26. The molecule has 0 bridgehead atoms. The van der Waals surface area contributed by atoms with Crippen LogP contribution in [-0.4, -0.2) is 18.1 Å². The van der Waals surface area contributed by atoms with Crippen LogP contribution in [0.1, 0.15) is 34.6 Å². The standard InChI is InChI=1S/C8H16N2.C2H6/c1-6(2)8-5-9-7(3)10(8)4;1-2/h5-7,9H,1-4H3;1-2H3. The molecule has 72 valence electrons. The van der Waals surface area contributed by atoms with Gasteiger partial charge in [-0.3, -0.25) is 0 Å². The van der Waals surface area contributed by atoms with Crippen molar-refractivity contribution in [2.45, 2.75) is 40.8 Å². The van der Waals surface area contributed by atoms with E-state index in [2.05, 4.69) is 44.2 Å². The smallest absolute Gasteiger partial charge is 0.0951 e. The fraction of sp³-hybridized carbons (Fsp3) is 0.800. The van der Waals surface area contributed by atoms with Gasteiger partial charge in [-0.15, -0.1) is 0 Å². The Morgan fingerprint density at radius 2 is 1.92 bits per heavy atom. The molecule has 0 radical (unpaired) electrons. The molecule has 2 heteroatoms. The van der Waals surface area contributed by atoms with Crippen LogP contribution in [0.15, 0.2) is 11.9 Å². The van der Waals surface area contributed by atoms with Gasteiger partial charge in [-0.1, -0.05) is 27.7 Å². The highest BCUT2D eigenvalue weighted by atomic mass is 15.3. The first kappa shape index (κ1) is 11.3. The van der Waals surface area contributed by atoms with Crippen LogP contribution in [-0.2, 0) is 0 Å².